The van der Waals surface area contributed by atoms with Gasteiger partial charge in [0.05, 0.1) is 24.5 Å². The molecule has 1 aliphatic heterocycles. The van der Waals surface area contributed by atoms with Gasteiger partial charge in [0.2, 0.25) is 17.7 Å². The van der Waals surface area contributed by atoms with Crippen molar-refractivity contribution in [3.63, 3.8) is 0 Å². The lowest BCUT2D eigenvalue weighted by molar-refractivity contribution is -0.147. The predicted molar refractivity (Wildman–Crippen MR) is 145 cm³/mol. The lowest BCUT2D eigenvalue weighted by Crippen LogP contribution is -2.48. The second-order valence-electron chi connectivity index (χ2n) is 10.5. The van der Waals surface area contributed by atoms with Crippen LogP contribution in [0.3, 0.4) is 0 Å². The number of nitrogens with one attached hydrogen (secondary N) is 1. The van der Waals surface area contributed by atoms with Crippen LogP contribution in [0.25, 0.3) is 0 Å². The number of benzene rings is 3. The summed E-state index contributed by atoms with van der Waals surface area (Å²) in [5.41, 5.74) is 5.25. The van der Waals surface area contributed by atoms with Gasteiger partial charge in [-0.2, -0.15) is 0 Å². The van der Waals surface area contributed by atoms with E-state index in [-0.39, 0.29) is 23.7 Å². The van der Waals surface area contributed by atoms with Gasteiger partial charge in [0, 0.05) is 17.5 Å². The SMILES string of the molecule is CCCCC(C(=O)Nc1ccc(C(=O)OC)cc1)N1C(=O)C2C3c4ccccc4C(c4ccccc43)C2C1=O. The average molecular weight is 523 g/mol. The van der Waals surface area contributed by atoms with Crippen molar-refractivity contribution in [3.8, 4) is 0 Å². The van der Waals surface area contributed by atoms with Crippen molar-refractivity contribution in [3.05, 3.63) is 101 Å². The maximum Gasteiger partial charge on any atom is 0.337 e. The predicted octanol–water partition coefficient (Wildman–Crippen LogP) is 4.86. The largest absolute Gasteiger partial charge is 0.465 e. The third kappa shape index (κ3) is 3.87. The van der Waals surface area contributed by atoms with Crippen molar-refractivity contribution < 1.29 is 23.9 Å². The topological polar surface area (TPSA) is 92.8 Å². The number of likely N-dealkylation sites (tertiary alicyclic amines) is 1. The van der Waals surface area contributed by atoms with Gasteiger partial charge in [-0.25, -0.2) is 4.79 Å². The van der Waals surface area contributed by atoms with Crippen molar-refractivity contribution >= 4 is 29.4 Å². The number of hydrogen-bond acceptors (Lipinski definition) is 5. The van der Waals surface area contributed by atoms with Crippen LogP contribution in [-0.2, 0) is 19.1 Å². The number of amides is 3. The van der Waals surface area contributed by atoms with E-state index in [0.717, 1.165) is 28.7 Å². The van der Waals surface area contributed by atoms with E-state index in [1.54, 1.807) is 24.3 Å². The van der Waals surface area contributed by atoms with Crippen molar-refractivity contribution in [1.29, 1.82) is 0 Å². The van der Waals surface area contributed by atoms with Crippen LogP contribution in [-0.4, -0.2) is 41.7 Å². The summed E-state index contributed by atoms with van der Waals surface area (Å²) in [6.45, 7) is 2.02. The normalized spacial score (nSPS) is 23.1. The van der Waals surface area contributed by atoms with E-state index in [1.807, 2.05) is 31.2 Å². The number of nitrogens with zero attached hydrogens (tertiary/aromatic N) is 1. The maximum absolute atomic E-state index is 14.1. The summed E-state index contributed by atoms with van der Waals surface area (Å²) in [6.07, 6.45) is 1.90. The van der Waals surface area contributed by atoms with Gasteiger partial charge < -0.3 is 10.1 Å². The van der Waals surface area contributed by atoms with Gasteiger partial charge in [-0.1, -0.05) is 68.3 Å². The molecule has 3 aromatic carbocycles. The molecule has 1 saturated heterocycles. The smallest absolute Gasteiger partial charge is 0.337 e. The molecule has 0 radical (unpaired) electrons. The number of esters is 1. The van der Waals surface area contributed by atoms with Gasteiger partial charge >= 0.3 is 5.97 Å². The van der Waals surface area contributed by atoms with Gasteiger partial charge in [0.15, 0.2) is 0 Å². The first-order valence-electron chi connectivity index (χ1n) is 13.5. The number of unbranched alkanes of at least 4 members (excludes halogenated alkanes) is 1. The summed E-state index contributed by atoms with van der Waals surface area (Å²) in [4.78, 5) is 55.0. The number of carbonyl (C=O) groups is 4. The Morgan fingerprint density at radius 2 is 1.31 bits per heavy atom. The van der Waals surface area contributed by atoms with E-state index in [4.69, 9.17) is 4.74 Å². The molecule has 7 heteroatoms. The highest BCUT2D eigenvalue weighted by atomic mass is 16.5. The molecule has 4 aliphatic rings. The summed E-state index contributed by atoms with van der Waals surface area (Å²) < 4.78 is 4.74. The number of imide groups is 1. The second-order valence-corrected chi connectivity index (χ2v) is 10.5. The molecule has 39 heavy (non-hydrogen) atoms. The fourth-order valence-electron chi connectivity index (χ4n) is 6.82. The molecular weight excluding hydrogens is 492 g/mol. The molecule has 3 amide bonds. The number of ether oxygens (including phenoxy) is 1. The molecule has 3 aliphatic carbocycles. The standard InChI is InChI=1S/C32H30N2O5/c1-3-4-13-24(29(35)33-19-16-14-18(15-17-19)32(38)39-2)34-30(36)27-25-20-9-5-6-10-21(20)26(28(27)31(34)37)23-12-8-7-11-22(23)25/h5-12,14-17,24-28H,3-4,13H2,1-2H3,(H,33,35). The van der Waals surface area contributed by atoms with Crippen LogP contribution in [0.4, 0.5) is 5.69 Å². The number of methoxy groups -OCH3 is 1. The zero-order valence-electron chi connectivity index (χ0n) is 21.9. The summed E-state index contributed by atoms with van der Waals surface area (Å²) in [5.74, 6) is -2.88. The van der Waals surface area contributed by atoms with Crippen LogP contribution in [0.1, 0.15) is 70.6 Å². The first-order chi connectivity index (χ1) is 19.0. The highest BCUT2D eigenvalue weighted by Gasteiger charge is 2.62. The zero-order valence-corrected chi connectivity index (χ0v) is 21.9. The molecule has 1 fully saturated rings. The van der Waals surface area contributed by atoms with Gasteiger partial charge in [-0.05, 0) is 52.9 Å². The number of rotatable bonds is 7. The highest BCUT2D eigenvalue weighted by Crippen LogP contribution is 2.61. The molecule has 3 aromatic rings. The third-order valence-electron chi connectivity index (χ3n) is 8.50. The van der Waals surface area contributed by atoms with Gasteiger partial charge in [-0.3, -0.25) is 19.3 Å². The van der Waals surface area contributed by atoms with E-state index in [0.29, 0.717) is 24.1 Å². The molecule has 0 spiro atoms. The minimum atomic E-state index is -0.915. The Kier molecular flexibility index (Phi) is 6.29. The molecule has 3 unspecified atom stereocenters. The fraction of sp³-hybridized carbons (Fsp3) is 0.312. The zero-order chi connectivity index (χ0) is 27.3. The highest BCUT2D eigenvalue weighted by molar-refractivity contribution is 6.11. The number of anilines is 1. The molecule has 1 heterocycles. The maximum atomic E-state index is 14.1. The molecule has 0 saturated carbocycles. The van der Waals surface area contributed by atoms with E-state index in [1.165, 1.54) is 12.0 Å². The minimum absolute atomic E-state index is 0.213. The molecule has 7 rings (SSSR count). The van der Waals surface area contributed by atoms with E-state index >= 15 is 0 Å². The lowest BCUT2D eigenvalue weighted by Gasteiger charge is -2.45. The lowest BCUT2D eigenvalue weighted by atomic mass is 9.55. The van der Waals surface area contributed by atoms with Gasteiger partial charge in [-0.15, -0.1) is 0 Å². The van der Waals surface area contributed by atoms with Crippen LogP contribution in [0.2, 0.25) is 0 Å². The first-order valence-corrected chi connectivity index (χ1v) is 13.5. The third-order valence-corrected chi connectivity index (χ3v) is 8.50. The monoisotopic (exact) mass is 522 g/mol. The van der Waals surface area contributed by atoms with E-state index in [9.17, 15) is 19.2 Å². The molecule has 1 N–H and O–H groups in total. The van der Waals surface area contributed by atoms with Crippen LogP contribution < -0.4 is 5.32 Å². The van der Waals surface area contributed by atoms with Gasteiger partial charge in [0.1, 0.15) is 6.04 Å². The Balaban J connectivity index is 1.34. The van der Waals surface area contributed by atoms with Crippen LogP contribution in [0, 0.1) is 11.8 Å². The van der Waals surface area contributed by atoms with Crippen molar-refractivity contribution in [1.82, 2.24) is 4.90 Å². The van der Waals surface area contributed by atoms with Crippen LogP contribution >= 0.6 is 0 Å². The summed E-state index contributed by atoms with van der Waals surface area (Å²) >= 11 is 0. The Labute approximate surface area is 227 Å². The van der Waals surface area contributed by atoms with Gasteiger partial charge in [0.25, 0.3) is 0 Å². The first kappa shape index (κ1) is 25.0. The summed E-state index contributed by atoms with van der Waals surface area (Å²) in [7, 11) is 1.31. The number of hydrogen-bond donors (Lipinski definition) is 1. The van der Waals surface area contributed by atoms with Crippen LogP contribution in [0.5, 0.6) is 0 Å². The summed E-state index contributed by atoms with van der Waals surface area (Å²) in [6, 6.07) is 21.7. The minimum Gasteiger partial charge on any atom is -0.465 e. The second kappa shape index (κ2) is 9.80. The van der Waals surface area contributed by atoms with Crippen molar-refractivity contribution in [2.75, 3.05) is 12.4 Å². The molecule has 2 bridgehead atoms. The Morgan fingerprint density at radius 1 is 0.821 bits per heavy atom. The van der Waals surface area contributed by atoms with Crippen LogP contribution in [0.15, 0.2) is 72.8 Å². The quantitative estimate of drug-likeness (QED) is 0.353. The molecule has 7 nitrogen and oxygen atoms in total. The van der Waals surface area contributed by atoms with Crippen molar-refractivity contribution in [2.45, 2.75) is 44.1 Å². The molecule has 0 aromatic heterocycles. The molecule has 198 valence electrons. The molecule has 3 atom stereocenters. The number of carbonyl (C=O) groups excluding carboxylic acids is 4. The van der Waals surface area contributed by atoms with E-state index in [2.05, 4.69) is 29.6 Å². The Hall–Kier alpha value is -4.26. The fourth-order valence-corrected chi connectivity index (χ4v) is 6.82. The van der Waals surface area contributed by atoms with E-state index < -0.39 is 29.8 Å². The Bertz CT molecular complexity index is 1360. The molecular formula is C32H30N2O5. The van der Waals surface area contributed by atoms with Crippen molar-refractivity contribution in [2.24, 2.45) is 11.8 Å². The average Bonchev–Trinajstić information content (AvgIpc) is 3.23. The Morgan fingerprint density at radius 3 is 1.74 bits per heavy atom. The summed E-state index contributed by atoms with van der Waals surface area (Å²) in [5, 5.41) is 2.87.